The second kappa shape index (κ2) is 6.43. The van der Waals surface area contributed by atoms with Crippen molar-refractivity contribution in [1.82, 2.24) is 4.98 Å². The topological polar surface area (TPSA) is 56.0 Å². The molecule has 0 radical (unpaired) electrons. The lowest BCUT2D eigenvalue weighted by atomic mass is 9.99. The molecule has 0 aliphatic rings. The van der Waals surface area contributed by atoms with Crippen molar-refractivity contribution in [2.75, 3.05) is 0 Å². The van der Waals surface area contributed by atoms with E-state index in [9.17, 15) is 4.79 Å². The fraction of sp³-hybridized carbons (Fsp3) is 0.375. The van der Waals surface area contributed by atoms with Crippen molar-refractivity contribution in [1.29, 1.82) is 0 Å². The van der Waals surface area contributed by atoms with Crippen LogP contribution in [0.25, 0.3) is 10.9 Å². The Morgan fingerprint density at radius 2 is 2.11 bits per heavy atom. The van der Waals surface area contributed by atoms with Crippen LogP contribution in [0.1, 0.15) is 31.7 Å². The number of aromatic nitrogens is 1. The summed E-state index contributed by atoms with van der Waals surface area (Å²) in [5.74, 6) is 0.206. The third kappa shape index (κ3) is 3.61. The zero-order valence-corrected chi connectivity index (χ0v) is 11.3. The Kier molecular flexibility index (Phi) is 4.63. The van der Waals surface area contributed by atoms with Crippen LogP contribution in [0, 0.1) is 0 Å². The van der Waals surface area contributed by atoms with E-state index in [0.29, 0.717) is 12.8 Å². The molecule has 0 amide bonds. The molecule has 0 spiro atoms. The molecule has 2 N–H and O–H groups in total. The highest BCUT2D eigenvalue weighted by Crippen LogP contribution is 2.17. The maximum atomic E-state index is 12.0. The molecule has 1 aromatic carbocycles. The van der Waals surface area contributed by atoms with E-state index in [1.165, 1.54) is 0 Å². The lowest BCUT2D eigenvalue weighted by molar-refractivity contribution is -0.118. The van der Waals surface area contributed by atoms with Crippen LogP contribution in [0.5, 0.6) is 0 Å². The zero-order chi connectivity index (χ0) is 13.7. The summed E-state index contributed by atoms with van der Waals surface area (Å²) < 4.78 is 0. The molecule has 3 nitrogen and oxygen atoms in total. The average molecular weight is 256 g/mol. The molecule has 100 valence electrons. The van der Waals surface area contributed by atoms with Crippen molar-refractivity contribution in [3.63, 3.8) is 0 Å². The fourth-order valence-corrected chi connectivity index (χ4v) is 2.36. The minimum Gasteiger partial charge on any atom is -0.327 e. The summed E-state index contributed by atoms with van der Waals surface area (Å²) in [5, 5.41) is 1.06. The Hall–Kier alpha value is -1.74. The van der Waals surface area contributed by atoms with Gasteiger partial charge in [-0.25, -0.2) is 0 Å². The molecule has 0 saturated carbocycles. The van der Waals surface area contributed by atoms with Crippen LogP contribution >= 0.6 is 0 Å². The first-order chi connectivity index (χ1) is 9.20. The molecule has 2 rings (SSSR count). The first kappa shape index (κ1) is 13.7. The molecule has 0 aliphatic heterocycles. The first-order valence-corrected chi connectivity index (χ1v) is 6.80. The molecule has 0 fully saturated rings. The minimum atomic E-state index is -0.00870. The SMILES string of the molecule is CCCC(N)CC(=O)Cc1ccnc2ccccc12. The number of nitrogens with zero attached hydrogens (tertiary/aromatic N) is 1. The van der Waals surface area contributed by atoms with Gasteiger partial charge in [0, 0.05) is 30.5 Å². The van der Waals surface area contributed by atoms with Crippen LogP contribution in [-0.4, -0.2) is 16.8 Å². The molecule has 19 heavy (non-hydrogen) atoms. The van der Waals surface area contributed by atoms with Crippen molar-refractivity contribution in [3.8, 4) is 0 Å². The largest absolute Gasteiger partial charge is 0.327 e. The highest BCUT2D eigenvalue weighted by molar-refractivity contribution is 5.89. The van der Waals surface area contributed by atoms with Crippen molar-refractivity contribution in [2.24, 2.45) is 5.73 Å². The fourth-order valence-electron chi connectivity index (χ4n) is 2.36. The smallest absolute Gasteiger partial charge is 0.138 e. The van der Waals surface area contributed by atoms with Gasteiger partial charge >= 0.3 is 0 Å². The predicted molar refractivity (Wildman–Crippen MR) is 78.0 cm³/mol. The van der Waals surface area contributed by atoms with Crippen molar-refractivity contribution in [2.45, 2.75) is 38.6 Å². The van der Waals surface area contributed by atoms with Crippen molar-refractivity contribution < 1.29 is 4.79 Å². The molecule has 0 aliphatic carbocycles. The van der Waals surface area contributed by atoms with Gasteiger partial charge in [0.1, 0.15) is 5.78 Å². The Morgan fingerprint density at radius 1 is 1.32 bits per heavy atom. The number of carbonyl (C=O) groups is 1. The molecule has 3 heteroatoms. The highest BCUT2D eigenvalue weighted by Gasteiger charge is 2.11. The summed E-state index contributed by atoms with van der Waals surface area (Å²) in [6.45, 7) is 2.08. The quantitative estimate of drug-likeness (QED) is 0.864. The number of fused-ring (bicyclic) bond motifs is 1. The standard InChI is InChI=1S/C16H20N2O/c1-2-5-13(17)11-14(19)10-12-8-9-18-16-7-4-3-6-15(12)16/h3-4,6-9,13H,2,5,10-11,17H2,1H3. The van der Waals surface area contributed by atoms with Crippen molar-refractivity contribution >= 4 is 16.7 Å². The van der Waals surface area contributed by atoms with E-state index >= 15 is 0 Å². The monoisotopic (exact) mass is 256 g/mol. The molecular weight excluding hydrogens is 236 g/mol. The molecule has 0 saturated heterocycles. The number of rotatable bonds is 6. The van der Waals surface area contributed by atoms with Gasteiger partial charge in [-0.1, -0.05) is 31.5 Å². The third-order valence-electron chi connectivity index (χ3n) is 3.28. The number of para-hydroxylation sites is 1. The molecule has 2 aromatic rings. The maximum Gasteiger partial charge on any atom is 0.138 e. The number of pyridine rings is 1. The Balaban J connectivity index is 2.11. The van der Waals surface area contributed by atoms with Gasteiger partial charge in [-0.05, 0) is 24.1 Å². The van der Waals surface area contributed by atoms with Crippen LogP contribution in [-0.2, 0) is 11.2 Å². The van der Waals surface area contributed by atoms with Gasteiger partial charge in [-0.15, -0.1) is 0 Å². The summed E-state index contributed by atoms with van der Waals surface area (Å²) in [6.07, 6.45) is 4.59. The number of hydrogen-bond donors (Lipinski definition) is 1. The van der Waals surface area contributed by atoms with Gasteiger partial charge in [0.05, 0.1) is 5.52 Å². The van der Waals surface area contributed by atoms with E-state index in [4.69, 9.17) is 5.73 Å². The number of hydrogen-bond acceptors (Lipinski definition) is 3. The van der Waals surface area contributed by atoms with Crippen LogP contribution in [0.15, 0.2) is 36.5 Å². The molecule has 1 unspecified atom stereocenters. The average Bonchev–Trinajstić information content (AvgIpc) is 2.39. The second-order valence-corrected chi connectivity index (χ2v) is 4.96. The summed E-state index contributed by atoms with van der Waals surface area (Å²) in [4.78, 5) is 16.3. The van der Waals surface area contributed by atoms with E-state index in [1.54, 1.807) is 6.20 Å². The number of ketones is 1. The van der Waals surface area contributed by atoms with Gasteiger partial charge in [-0.3, -0.25) is 9.78 Å². The Labute approximate surface area is 113 Å². The van der Waals surface area contributed by atoms with Gasteiger partial charge in [0.15, 0.2) is 0 Å². The maximum absolute atomic E-state index is 12.0. The summed E-state index contributed by atoms with van der Waals surface area (Å²) in [6, 6.07) is 9.82. The van der Waals surface area contributed by atoms with Crippen LogP contribution in [0.3, 0.4) is 0 Å². The van der Waals surface area contributed by atoms with Crippen LogP contribution in [0.2, 0.25) is 0 Å². The Morgan fingerprint density at radius 3 is 2.89 bits per heavy atom. The molecular formula is C16H20N2O. The lowest BCUT2D eigenvalue weighted by Crippen LogP contribution is -2.24. The van der Waals surface area contributed by atoms with E-state index in [-0.39, 0.29) is 11.8 Å². The van der Waals surface area contributed by atoms with Crippen molar-refractivity contribution in [3.05, 3.63) is 42.1 Å². The van der Waals surface area contributed by atoms with Gasteiger partial charge in [-0.2, -0.15) is 0 Å². The van der Waals surface area contributed by atoms with E-state index in [0.717, 1.165) is 29.3 Å². The van der Waals surface area contributed by atoms with Gasteiger partial charge in [0.25, 0.3) is 0 Å². The normalized spacial score (nSPS) is 12.5. The van der Waals surface area contributed by atoms with E-state index in [1.807, 2.05) is 30.3 Å². The predicted octanol–water partition coefficient (Wildman–Crippen LogP) is 2.86. The number of Topliss-reactive ketones (excluding diaryl/α,β-unsaturated/α-hetero) is 1. The molecule has 1 atom stereocenters. The third-order valence-corrected chi connectivity index (χ3v) is 3.28. The first-order valence-electron chi connectivity index (χ1n) is 6.80. The van der Waals surface area contributed by atoms with Crippen LogP contribution < -0.4 is 5.73 Å². The molecule has 1 aromatic heterocycles. The highest BCUT2D eigenvalue weighted by atomic mass is 16.1. The van der Waals surface area contributed by atoms with E-state index in [2.05, 4.69) is 11.9 Å². The Bertz CT molecular complexity index is 560. The van der Waals surface area contributed by atoms with Crippen LogP contribution in [0.4, 0.5) is 0 Å². The summed E-state index contributed by atoms with van der Waals surface area (Å²) >= 11 is 0. The lowest BCUT2D eigenvalue weighted by Gasteiger charge is -2.10. The molecule has 0 bridgehead atoms. The summed E-state index contributed by atoms with van der Waals surface area (Å²) in [7, 11) is 0. The van der Waals surface area contributed by atoms with E-state index < -0.39 is 0 Å². The number of carbonyl (C=O) groups excluding carboxylic acids is 1. The van der Waals surface area contributed by atoms with Gasteiger partial charge in [0.2, 0.25) is 0 Å². The summed E-state index contributed by atoms with van der Waals surface area (Å²) in [5.41, 5.74) is 7.90. The number of benzene rings is 1. The van der Waals surface area contributed by atoms with Gasteiger partial charge < -0.3 is 5.73 Å². The molecule has 1 heterocycles. The number of nitrogens with two attached hydrogens (primary N) is 1. The zero-order valence-electron chi connectivity index (χ0n) is 11.3. The minimum absolute atomic E-state index is 0.00870. The second-order valence-electron chi connectivity index (χ2n) is 4.96.